The first-order chi connectivity index (χ1) is 8.13. The van der Waals surface area contributed by atoms with Crippen LogP contribution in [0.5, 0.6) is 0 Å². The van der Waals surface area contributed by atoms with Gasteiger partial charge < -0.3 is 25.8 Å². The zero-order valence-corrected chi connectivity index (χ0v) is 9.30. The molecule has 0 aromatic heterocycles. The minimum Gasteiger partial charge on any atom is -0.445 e. The number of alkyl carbamates (subject to hydrolysis) is 1. The van der Waals surface area contributed by atoms with E-state index in [2.05, 4.69) is 5.32 Å². The smallest absolute Gasteiger partial charge is 0.445 e. The predicted octanol–water partition coefficient (Wildman–Crippen LogP) is -1.45. The number of nitrogens with two attached hydrogens (primary N) is 1. The Morgan fingerprint density at radius 3 is 2.53 bits per heavy atom. The van der Waals surface area contributed by atoms with Crippen LogP contribution in [0.3, 0.4) is 0 Å². The van der Waals surface area contributed by atoms with Crippen LogP contribution in [0.4, 0.5) is 4.79 Å². The Hall–Kier alpha value is -1.57. The van der Waals surface area contributed by atoms with Crippen molar-refractivity contribution >= 4 is 18.7 Å². The van der Waals surface area contributed by atoms with Gasteiger partial charge in [0, 0.05) is 13.1 Å². The van der Waals surface area contributed by atoms with Crippen molar-refractivity contribution in [2.75, 3.05) is 13.1 Å². The summed E-state index contributed by atoms with van der Waals surface area (Å²) in [5.41, 5.74) is 6.36. The number of hydrogen-bond donors (Lipinski definition) is 4. The molecule has 0 bridgehead atoms. The van der Waals surface area contributed by atoms with Crippen LogP contribution < -0.4 is 16.5 Å². The molecule has 0 aliphatic heterocycles. The van der Waals surface area contributed by atoms with Gasteiger partial charge in [-0.25, -0.2) is 4.79 Å². The topological polar surface area (TPSA) is 105 Å². The van der Waals surface area contributed by atoms with Gasteiger partial charge in [-0.1, -0.05) is 24.3 Å². The average molecular weight is 238 g/mol. The standard InChI is InChI=1S/C10H15BN2O4/c12-5-6-13-10(14)17-7-8-1-3-9(4-2-8)11(15)16/h1-4,15-16H,5-7,12H2,(H,13,14). The van der Waals surface area contributed by atoms with Crippen molar-refractivity contribution in [1.82, 2.24) is 5.32 Å². The molecule has 0 aliphatic rings. The maximum Gasteiger partial charge on any atom is 0.488 e. The van der Waals surface area contributed by atoms with E-state index in [1.807, 2.05) is 0 Å². The van der Waals surface area contributed by atoms with E-state index in [0.717, 1.165) is 5.56 Å². The van der Waals surface area contributed by atoms with Gasteiger partial charge in [-0.05, 0) is 11.0 Å². The Kier molecular flexibility index (Phi) is 5.48. The van der Waals surface area contributed by atoms with Crippen molar-refractivity contribution in [1.29, 1.82) is 0 Å². The molecule has 0 heterocycles. The molecule has 92 valence electrons. The first kappa shape index (κ1) is 13.5. The number of carbonyl (C=O) groups excluding carboxylic acids is 1. The SMILES string of the molecule is NCCNC(=O)OCc1ccc(B(O)O)cc1. The van der Waals surface area contributed by atoms with Crippen LogP contribution in [0.25, 0.3) is 0 Å². The minimum atomic E-state index is -1.49. The molecule has 0 unspecified atom stereocenters. The van der Waals surface area contributed by atoms with Gasteiger partial charge in [0.05, 0.1) is 0 Å². The molecule has 17 heavy (non-hydrogen) atoms. The largest absolute Gasteiger partial charge is 0.488 e. The first-order valence-corrected chi connectivity index (χ1v) is 5.19. The minimum absolute atomic E-state index is 0.123. The van der Waals surface area contributed by atoms with Crippen molar-refractivity contribution in [3.63, 3.8) is 0 Å². The molecule has 0 saturated carbocycles. The summed E-state index contributed by atoms with van der Waals surface area (Å²) in [6.07, 6.45) is -0.526. The Morgan fingerprint density at radius 1 is 1.35 bits per heavy atom. The summed E-state index contributed by atoms with van der Waals surface area (Å²) < 4.78 is 4.90. The summed E-state index contributed by atoms with van der Waals surface area (Å²) in [5, 5.41) is 20.2. The third-order valence-corrected chi connectivity index (χ3v) is 2.06. The van der Waals surface area contributed by atoms with Gasteiger partial charge in [-0.3, -0.25) is 0 Å². The number of ether oxygens (including phenoxy) is 1. The van der Waals surface area contributed by atoms with E-state index in [9.17, 15) is 4.79 Å². The number of rotatable bonds is 5. The molecule has 0 spiro atoms. The fourth-order valence-corrected chi connectivity index (χ4v) is 1.16. The highest BCUT2D eigenvalue weighted by Crippen LogP contribution is 1.99. The van der Waals surface area contributed by atoms with Crippen LogP contribution in [-0.2, 0) is 11.3 Å². The highest BCUT2D eigenvalue weighted by molar-refractivity contribution is 6.58. The van der Waals surface area contributed by atoms with Crippen molar-refractivity contribution < 1.29 is 19.6 Å². The number of benzene rings is 1. The molecule has 0 radical (unpaired) electrons. The third kappa shape index (κ3) is 4.86. The Morgan fingerprint density at radius 2 is 2.00 bits per heavy atom. The Bertz CT molecular complexity index is 356. The first-order valence-electron chi connectivity index (χ1n) is 5.19. The molecular formula is C10H15BN2O4. The molecule has 0 fully saturated rings. The lowest BCUT2D eigenvalue weighted by molar-refractivity contribution is 0.140. The number of carbonyl (C=O) groups is 1. The lowest BCUT2D eigenvalue weighted by Gasteiger charge is -2.06. The van der Waals surface area contributed by atoms with Crippen LogP contribution in [0.2, 0.25) is 0 Å². The summed E-state index contributed by atoms with van der Waals surface area (Å²) in [6.45, 7) is 0.852. The van der Waals surface area contributed by atoms with E-state index in [-0.39, 0.29) is 6.61 Å². The number of amides is 1. The Labute approximate surface area is 99.5 Å². The molecule has 0 aliphatic carbocycles. The molecule has 0 saturated heterocycles. The highest BCUT2D eigenvalue weighted by atomic mass is 16.5. The van der Waals surface area contributed by atoms with E-state index in [1.54, 1.807) is 24.3 Å². The van der Waals surface area contributed by atoms with E-state index in [4.69, 9.17) is 20.5 Å². The van der Waals surface area contributed by atoms with Crippen molar-refractivity contribution in [2.45, 2.75) is 6.61 Å². The fourth-order valence-electron chi connectivity index (χ4n) is 1.16. The summed E-state index contributed by atoms with van der Waals surface area (Å²) in [7, 11) is -1.49. The summed E-state index contributed by atoms with van der Waals surface area (Å²) >= 11 is 0. The van der Waals surface area contributed by atoms with Gasteiger partial charge in [-0.15, -0.1) is 0 Å². The van der Waals surface area contributed by atoms with E-state index in [1.165, 1.54) is 0 Å². The van der Waals surface area contributed by atoms with E-state index in [0.29, 0.717) is 18.6 Å². The van der Waals surface area contributed by atoms with Gasteiger partial charge in [-0.2, -0.15) is 0 Å². The normalized spacial score (nSPS) is 9.82. The highest BCUT2D eigenvalue weighted by Gasteiger charge is 2.10. The molecule has 0 atom stereocenters. The molecule has 1 aromatic rings. The van der Waals surface area contributed by atoms with Gasteiger partial charge in [0.25, 0.3) is 0 Å². The quantitative estimate of drug-likeness (QED) is 0.470. The molecule has 1 amide bonds. The van der Waals surface area contributed by atoms with Gasteiger partial charge in [0.15, 0.2) is 0 Å². The Balaban J connectivity index is 2.39. The average Bonchev–Trinajstić information content (AvgIpc) is 2.34. The summed E-state index contributed by atoms with van der Waals surface area (Å²) in [5.74, 6) is 0. The molecular weight excluding hydrogens is 223 g/mol. The third-order valence-electron chi connectivity index (χ3n) is 2.06. The fraction of sp³-hybridized carbons (Fsp3) is 0.300. The van der Waals surface area contributed by atoms with Crippen molar-refractivity contribution in [3.8, 4) is 0 Å². The summed E-state index contributed by atoms with van der Waals surface area (Å²) in [6, 6.07) is 6.43. The molecule has 7 heteroatoms. The molecule has 5 N–H and O–H groups in total. The maximum absolute atomic E-state index is 11.1. The predicted molar refractivity (Wildman–Crippen MR) is 63.5 cm³/mol. The monoisotopic (exact) mass is 238 g/mol. The number of nitrogens with one attached hydrogen (secondary N) is 1. The second-order valence-corrected chi connectivity index (χ2v) is 3.41. The molecule has 1 rings (SSSR count). The lowest BCUT2D eigenvalue weighted by Crippen LogP contribution is -2.30. The van der Waals surface area contributed by atoms with Crippen LogP contribution in [0.15, 0.2) is 24.3 Å². The summed E-state index contributed by atoms with van der Waals surface area (Å²) in [4.78, 5) is 11.1. The van der Waals surface area contributed by atoms with Crippen molar-refractivity contribution in [3.05, 3.63) is 29.8 Å². The zero-order valence-electron chi connectivity index (χ0n) is 9.30. The van der Waals surface area contributed by atoms with E-state index < -0.39 is 13.2 Å². The van der Waals surface area contributed by atoms with Crippen LogP contribution in [0.1, 0.15) is 5.56 Å². The van der Waals surface area contributed by atoms with Gasteiger partial charge in [0.1, 0.15) is 6.61 Å². The number of hydrogen-bond acceptors (Lipinski definition) is 5. The van der Waals surface area contributed by atoms with Gasteiger partial charge in [0.2, 0.25) is 0 Å². The molecule has 1 aromatic carbocycles. The zero-order chi connectivity index (χ0) is 12.7. The van der Waals surface area contributed by atoms with Gasteiger partial charge >= 0.3 is 13.2 Å². The lowest BCUT2D eigenvalue weighted by atomic mass is 9.80. The second-order valence-electron chi connectivity index (χ2n) is 3.41. The molecule has 6 nitrogen and oxygen atoms in total. The van der Waals surface area contributed by atoms with E-state index >= 15 is 0 Å². The van der Waals surface area contributed by atoms with Crippen LogP contribution in [-0.4, -0.2) is 36.3 Å². The van der Waals surface area contributed by atoms with Crippen molar-refractivity contribution in [2.24, 2.45) is 5.73 Å². The van der Waals surface area contributed by atoms with Crippen LogP contribution in [0, 0.1) is 0 Å². The second kappa shape index (κ2) is 6.90. The van der Waals surface area contributed by atoms with Crippen LogP contribution >= 0.6 is 0 Å². The maximum atomic E-state index is 11.1.